The van der Waals surface area contributed by atoms with Crippen LogP contribution in [0, 0.1) is 0 Å². The Kier molecular flexibility index (Phi) is 8.23. The van der Waals surface area contributed by atoms with Gasteiger partial charge in [0.1, 0.15) is 15.8 Å². The molecule has 23 heavy (non-hydrogen) atoms. The third-order valence-corrected chi connectivity index (χ3v) is 5.60. The van der Waals surface area contributed by atoms with Crippen molar-refractivity contribution < 1.29 is 13.0 Å². The minimum absolute atomic E-state index is 0.324. The van der Waals surface area contributed by atoms with Gasteiger partial charge in [-0.15, -0.1) is 0 Å². The Morgan fingerprint density at radius 1 is 1.00 bits per heavy atom. The van der Waals surface area contributed by atoms with E-state index in [1.165, 1.54) is 19.3 Å². The highest BCUT2D eigenvalue weighted by atomic mass is 32.2. The van der Waals surface area contributed by atoms with E-state index in [4.69, 9.17) is 0 Å². The van der Waals surface area contributed by atoms with E-state index < -0.39 is 15.4 Å². The summed E-state index contributed by atoms with van der Waals surface area (Å²) < 4.78 is 35.3. The summed E-state index contributed by atoms with van der Waals surface area (Å²) in [5.41, 5.74) is 1.02. The standard InChI is InChI=1S/C18H31NO3S/c1-4-5-6-7-8-12-15-18(23(20,21)22)16-19(2,3)17-13-10-9-11-14-17/h9-11,13-14,18H,4-8,12,15-16H2,1-3H3. The van der Waals surface area contributed by atoms with Gasteiger partial charge in [-0.1, -0.05) is 63.6 Å². The third-order valence-electron chi connectivity index (χ3n) is 4.40. The van der Waals surface area contributed by atoms with Gasteiger partial charge in [0.2, 0.25) is 0 Å². The molecule has 1 aromatic rings. The van der Waals surface area contributed by atoms with Crippen LogP contribution in [-0.4, -0.2) is 38.9 Å². The fourth-order valence-electron chi connectivity index (χ4n) is 2.93. The number of unbranched alkanes of at least 4 members (excludes halogenated alkanes) is 5. The third kappa shape index (κ3) is 7.46. The minimum atomic E-state index is -4.27. The minimum Gasteiger partial charge on any atom is -0.748 e. The first-order chi connectivity index (χ1) is 10.8. The summed E-state index contributed by atoms with van der Waals surface area (Å²) in [5.74, 6) is 0. The van der Waals surface area contributed by atoms with E-state index in [1.54, 1.807) is 0 Å². The second kappa shape index (κ2) is 9.40. The predicted molar refractivity (Wildman–Crippen MR) is 96.4 cm³/mol. The molecule has 0 aliphatic rings. The first-order valence-corrected chi connectivity index (χ1v) is 10.1. The first kappa shape index (κ1) is 20.1. The summed E-state index contributed by atoms with van der Waals surface area (Å²) in [5, 5.41) is -0.816. The fraction of sp³-hybridized carbons (Fsp3) is 0.667. The van der Waals surface area contributed by atoms with E-state index >= 15 is 0 Å². The van der Waals surface area contributed by atoms with Crippen molar-refractivity contribution in [1.82, 2.24) is 4.48 Å². The van der Waals surface area contributed by atoms with Gasteiger partial charge in [0.25, 0.3) is 0 Å². The van der Waals surface area contributed by atoms with Crippen LogP contribution in [0.2, 0.25) is 0 Å². The van der Waals surface area contributed by atoms with Crippen LogP contribution in [0.4, 0.5) is 5.69 Å². The number of benzene rings is 1. The smallest absolute Gasteiger partial charge is 0.132 e. The molecule has 1 rings (SSSR count). The summed E-state index contributed by atoms with van der Waals surface area (Å²) in [6.07, 6.45) is 7.01. The highest BCUT2D eigenvalue weighted by molar-refractivity contribution is 7.86. The van der Waals surface area contributed by atoms with E-state index in [0.717, 1.165) is 24.9 Å². The van der Waals surface area contributed by atoms with Crippen LogP contribution in [0.1, 0.15) is 51.9 Å². The lowest BCUT2D eigenvalue weighted by Gasteiger charge is -2.34. The monoisotopic (exact) mass is 341 g/mol. The molecule has 1 atom stereocenters. The zero-order valence-electron chi connectivity index (χ0n) is 14.7. The summed E-state index contributed by atoms with van der Waals surface area (Å²) in [4.78, 5) is 0. The Morgan fingerprint density at radius 3 is 2.13 bits per heavy atom. The molecule has 1 aromatic carbocycles. The van der Waals surface area contributed by atoms with Gasteiger partial charge < -0.3 is 4.55 Å². The lowest BCUT2D eigenvalue weighted by atomic mass is 10.1. The van der Waals surface area contributed by atoms with E-state index in [2.05, 4.69) is 6.92 Å². The first-order valence-electron chi connectivity index (χ1n) is 8.60. The number of hydrogen-bond acceptors (Lipinski definition) is 3. The highest BCUT2D eigenvalue weighted by Crippen LogP contribution is 2.22. The largest absolute Gasteiger partial charge is 0.748 e. The Bertz CT molecular complexity index is 541. The zero-order valence-corrected chi connectivity index (χ0v) is 15.5. The average molecular weight is 342 g/mol. The van der Waals surface area contributed by atoms with E-state index in [0.29, 0.717) is 17.4 Å². The van der Waals surface area contributed by atoms with E-state index in [-0.39, 0.29) is 0 Å². The molecule has 0 saturated heterocycles. The summed E-state index contributed by atoms with van der Waals surface area (Å²) >= 11 is 0. The molecule has 1 unspecified atom stereocenters. The molecule has 0 aliphatic carbocycles. The second-order valence-electron chi connectivity index (χ2n) is 6.87. The Labute approximate surface area is 141 Å². The molecule has 0 heterocycles. The highest BCUT2D eigenvalue weighted by Gasteiger charge is 2.28. The van der Waals surface area contributed by atoms with Crippen molar-refractivity contribution in [2.75, 3.05) is 20.6 Å². The van der Waals surface area contributed by atoms with Gasteiger partial charge in [0, 0.05) is 0 Å². The second-order valence-corrected chi connectivity index (χ2v) is 8.53. The Balaban J connectivity index is 2.62. The average Bonchev–Trinajstić information content (AvgIpc) is 2.49. The van der Waals surface area contributed by atoms with Crippen LogP contribution in [0.15, 0.2) is 30.3 Å². The molecule has 0 spiro atoms. The summed E-state index contributed by atoms with van der Waals surface area (Å²) in [7, 11) is -0.363. The lowest BCUT2D eigenvalue weighted by Crippen LogP contribution is -2.48. The summed E-state index contributed by atoms with van der Waals surface area (Å²) in [6.45, 7) is 2.49. The SMILES string of the molecule is CCCCCCCCC(C[N+](C)(C)c1ccccc1)S(=O)(=O)[O-]. The van der Waals surface area contributed by atoms with Gasteiger partial charge in [0.05, 0.1) is 25.9 Å². The zero-order chi connectivity index (χ0) is 17.3. The Morgan fingerprint density at radius 2 is 1.57 bits per heavy atom. The van der Waals surface area contributed by atoms with Crippen LogP contribution in [-0.2, 0) is 10.1 Å². The molecule has 0 aliphatic heterocycles. The van der Waals surface area contributed by atoms with Crippen LogP contribution in [0.3, 0.4) is 0 Å². The van der Waals surface area contributed by atoms with Gasteiger partial charge in [0.15, 0.2) is 0 Å². The van der Waals surface area contributed by atoms with Crippen molar-refractivity contribution in [2.45, 2.75) is 57.1 Å². The molecule has 0 radical (unpaired) electrons. The molecule has 0 aromatic heterocycles. The lowest BCUT2D eigenvalue weighted by molar-refractivity contribution is 0.360. The van der Waals surface area contributed by atoms with Gasteiger partial charge in [-0.2, -0.15) is 0 Å². The molecule has 0 fully saturated rings. The maximum Gasteiger partial charge on any atom is 0.132 e. The number of nitrogens with zero attached hydrogens (tertiary/aromatic N) is 1. The predicted octanol–water partition coefficient (Wildman–Crippen LogP) is 3.92. The molecular weight excluding hydrogens is 310 g/mol. The maximum atomic E-state index is 11.6. The topological polar surface area (TPSA) is 57.2 Å². The quantitative estimate of drug-likeness (QED) is 0.348. The number of hydrogen-bond donors (Lipinski definition) is 0. The maximum absolute atomic E-state index is 11.6. The van der Waals surface area contributed by atoms with Crippen molar-refractivity contribution in [3.05, 3.63) is 30.3 Å². The molecule has 0 amide bonds. The number of quaternary nitrogens is 1. The summed E-state index contributed by atoms with van der Waals surface area (Å²) in [6, 6.07) is 9.74. The van der Waals surface area contributed by atoms with Gasteiger partial charge in [-0.25, -0.2) is 8.42 Å². The molecule has 5 heteroatoms. The van der Waals surface area contributed by atoms with E-state index in [1.807, 2.05) is 44.4 Å². The molecule has 0 N–H and O–H groups in total. The van der Waals surface area contributed by atoms with Crippen molar-refractivity contribution >= 4 is 15.8 Å². The molecule has 4 nitrogen and oxygen atoms in total. The van der Waals surface area contributed by atoms with Crippen molar-refractivity contribution in [3.8, 4) is 0 Å². The van der Waals surface area contributed by atoms with Crippen molar-refractivity contribution in [1.29, 1.82) is 0 Å². The molecule has 132 valence electrons. The van der Waals surface area contributed by atoms with Crippen LogP contribution < -0.4 is 4.48 Å². The number of rotatable bonds is 11. The molecular formula is C18H31NO3S. The van der Waals surface area contributed by atoms with Crippen molar-refractivity contribution in [2.24, 2.45) is 0 Å². The van der Waals surface area contributed by atoms with Gasteiger partial charge >= 0.3 is 0 Å². The normalized spacial score (nSPS) is 13.9. The van der Waals surface area contributed by atoms with Crippen LogP contribution in [0.25, 0.3) is 0 Å². The van der Waals surface area contributed by atoms with Crippen LogP contribution in [0.5, 0.6) is 0 Å². The molecule has 0 saturated carbocycles. The van der Waals surface area contributed by atoms with Gasteiger partial charge in [-0.05, 0) is 18.6 Å². The van der Waals surface area contributed by atoms with Crippen LogP contribution >= 0.6 is 0 Å². The fourth-order valence-corrected chi connectivity index (χ4v) is 3.94. The van der Waals surface area contributed by atoms with Crippen molar-refractivity contribution in [3.63, 3.8) is 0 Å². The molecule has 0 bridgehead atoms. The van der Waals surface area contributed by atoms with E-state index in [9.17, 15) is 13.0 Å². The van der Waals surface area contributed by atoms with Gasteiger partial charge in [-0.3, -0.25) is 4.48 Å². The number of para-hydroxylation sites is 1. The Hall–Kier alpha value is -0.910.